The fourth-order valence-electron chi connectivity index (χ4n) is 1.95. The smallest absolute Gasteiger partial charge is 0.255 e. The van der Waals surface area contributed by atoms with Crippen molar-refractivity contribution in [1.29, 1.82) is 0 Å². The van der Waals surface area contributed by atoms with Crippen LogP contribution in [0.4, 0.5) is 0 Å². The molecule has 1 aromatic rings. The van der Waals surface area contributed by atoms with Gasteiger partial charge in [0.2, 0.25) is 0 Å². The predicted octanol–water partition coefficient (Wildman–Crippen LogP) is 3.59. The van der Waals surface area contributed by atoms with Crippen molar-refractivity contribution in [2.75, 3.05) is 12.4 Å². The third-order valence-corrected chi connectivity index (χ3v) is 3.74. The van der Waals surface area contributed by atoms with Crippen molar-refractivity contribution in [3.63, 3.8) is 0 Å². The summed E-state index contributed by atoms with van der Waals surface area (Å²) >= 11 is 5.73. The summed E-state index contributed by atoms with van der Waals surface area (Å²) in [7, 11) is 0. The Morgan fingerprint density at radius 2 is 2.00 bits per heavy atom. The van der Waals surface area contributed by atoms with Crippen molar-refractivity contribution in [3.8, 4) is 0 Å². The molecule has 102 valence electrons. The number of hydrogen-bond acceptors (Lipinski definition) is 2. The minimum atomic E-state index is -0.0413. The number of carbonyl (C=O) groups excluding carboxylic acids is 1. The monoisotopic (exact) mass is 271 g/mol. The lowest BCUT2D eigenvalue weighted by molar-refractivity contribution is 0.0950. The number of hydrogen-bond donors (Lipinski definition) is 1. The van der Waals surface area contributed by atoms with E-state index in [9.17, 15) is 4.79 Å². The van der Waals surface area contributed by atoms with Gasteiger partial charge in [-0.15, -0.1) is 11.6 Å². The van der Waals surface area contributed by atoms with Crippen LogP contribution in [-0.2, 0) is 0 Å². The largest absolute Gasteiger partial charge is 0.466 e. The highest BCUT2D eigenvalue weighted by Crippen LogP contribution is 2.20. The molecule has 0 radical (unpaired) electrons. The molecule has 0 saturated heterocycles. The summed E-state index contributed by atoms with van der Waals surface area (Å²) < 4.78 is 5.45. The van der Waals surface area contributed by atoms with Crippen LogP contribution in [0.1, 0.15) is 47.2 Å². The molecule has 0 aliphatic rings. The number of nitrogens with one attached hydrogen (secondary N) is 1. The Hall–Kier alpha value is -0.960. The molecule has 1 aromatic heterocycles. The molecule has 0 fully saturated rings. The number of carbonyl (C=O) groups is 1. The third kappa shape index (κ3) is 3.77. The summed E-state index contributed by atoms with van der Waals surface area (Å²) in [6.07, 6.45) is 1.99. The van der Waals surface area contributed by atoms with E-state index in [2.05, 4.69) is 12.2 Å². The predicted molar refractivity (Wildman–Crippen MR) is 74.4 cm³/mol. The average Bonchev–Trinajstić information content (AvgIpc) is 2.58. The van der Waals surface area contributed by atoms with E-state index in [0.29, 0.717) is 29.7 Å². The van der Waals surface area contributed by atoms with Gasteiger partial charge in [-0.05, 0) is 39.5 Å². The molecule has 1 unspecified atom stereocenters. The molecular formula is C14H22ClNO2. The zero-order valence-electron chi connectivity index (χ0n) is 11.6. The third-order valence-electron chi connectivity index (χ3n) is 3.21. The van der Waals surface area contributed by atoms with Crippen molar-refractivity contribution in [2.24, 2.45) is 5.92 Å². The van der Waals surface area contributed by atoms with Crippen molar-refractivity contribution in [1.82, 2.24) is 5.32 Å². The first-order valence-corrected chi connectivity index (χ1v) is 6.91. The van der Waals surface area contributed by atoms with Crippen molar-refractivity contribution >= 4 is 17.5 Å². The molecular weight excluding hydrogens is 250 g/mol. The molecule has 0 aromatic carbocycles. The van der Waals surface area contributed by atoms with Gasteiger partial charge in [-0.1, -0.05) is 6.92 Å². The highest BCUT2D eigenvalue weighted by atomic mass is 35.5. The normalized spacial score (nSPS) is 12.5. The number of rotatable bonds is 6. The van der Waals surface area contributed by atoms with Crippen LogP contribution in [0, 0.1) is 26.7 Å². The fraction of sp³-hybridized carbons (Fsp3) is 0.643. The lowest BCUT2D eigenvalue weighted by Crippen LogP contribution is -2.25. The lowest BCUT2D eigenvalue weighted by atomic mass is 10.1. The number of alkyl halides is 1. The summed E-state index contributed by atoms with van der Waals surface area (Å²) in [5.41, 5.74) is 1.61. The quantitative estimate of drug-likeness (QED) is 0.635. The second-order valence-corrected chi connectivity index (χ2v) is 5.18. The Labute approximate surface area is 114 Å². The van der Waals surface area contributed by atoms with Crippen molar-refractivity contribution in [2.45, 2.75) is 40.5 Å². The average molecular weight is 272 g/mol. The Balaban J connectivity index is 2.46. The van der Waals surface area contributed by atoms with Gasteiger partial charge in [0.05, 0.1) is 5.56 Å². The minimum Gasteiger partial charge on any atom is -0.466 e. The summed E-state index contributed by atoms with van der Waals surface area (Å²) in [5.74, 6) is 2.64. The van der Waals surface area contributed by atoms with Crippen LogP contribution < -0.4 is 5.32 Å². The zero-order chi connectivity index (χ0) is 13.7. The van der Waals surface area contributed by atoms with Crippen LogP contribution in [0.2, 0.25) is 0 Å². The van der Waals surface area contributed by atoms with Crippen LogP contribution in [0.15, 0.2) is 4.42 Å². The second kappa shape index (κ2) is 6.83. The first-order valence-electron chi connectivity index (χ1n) is 6.38. The molecule has 1 rings (SSSR count). The molecule has 18 heavy (non-hydrogen) atoms. The Morgan fingerprint density at radius 3 is 2.50 bits per heavy atom. The van der Waals surface area contributed by atoms with Gasteiger partial charge >= 0.3 is 0 Å². The van der Waals surface area contributed by atoms with Crippen LogP contribution >= 0.6 is 11.6 Å². The van der Waals surface area contributed by atoms with E-state index in [-0.39, 0.29) is 5.91 Å². The molecule has 3 nitrogen and oxygen atoms in total. The standard InChI is InChI=1S/C14H22ClNO2/c1-9(8-15)6-5-7-16-14(17)13-10(2)11(3)18-12(13)4/h9H,5-8H2,1-4H3,(H,16,17). The van der Waals surface area contributed by atoms with E-state index in [4.69, 9.17) is 16.0 Å². The molecule has 0 spiro atoms. The molecule has 0 bridgehead atoms. The number of aryl methyl sites for hydroxylation is 2. The van der Waals surface area contributed by atoms with Crippen LogP contribution in [0.5, 0.6) is 0 Å². The van der Waals surface area contributed by atoms with Gasteiger partial charge in [0.1, 0.15) is 11.5 Å². The maximum atomic E-state index is 12.0. The van der Waals surface area contributed by atoms with Gasteiger partial charge < -0.3 is 9.73 Å². The first-order chi connectivity index (χ1) is 8.47. The van der Waals surface area contributed by atoms with E-state index in [1.54, 1.807) is 0 Å². The van der Waals surface area contributed by atoms with Crippen molar-refractivity contribution in [3.05, 3.63) is 22.6 Å². The molecule has 0 saturated carbocycles. The van der Waals surface area contributed by atoms with E-state index in [1.807, 2.05) is 20.8 Å². The van der Waals surface area contributed by atoms with Crippen LogP contribution in [-0.4, -0.2) is 18.3 Å². The van der Waals surface area contributed by atoms with E-state index in [0.717, 1.165) is 24.2 Å². The highest BCUT2D eigenvalue weighted by Gasteiger charge is 2.17. The van der Waals surface area contributed by atoms with Gasteiger partial charge in [-0.25, -0.2) is 0 Å². The summed E-state index contributed by atoms with van der Waals surface area (Å²) in [5, 5.41) is 2.93. The van der Waals surface area contributed by atoms with Gasteiger partial charge in [0, 0.05) is 18.0 Å². The van der Waals surface area contributed by atoms with E-state index >= 15 is 0 Å². The van der Waals surface area contributed by atoms with E-state index in [1.165, 1.54) is 0 Å². The Kier molecular flexibility index (Phi) is 5.73. The Morgan fingerprint density at radius 1 is 1.33 bits per heavy atom. The molecule has 1 heterocycles. The molecule has 1 atom stereocenters. The number of amides is 1. The van der Waals surface area contributed by atoms with Gasteiger partial charge in [-0.2, -0.15) is 0 Å². The second-order valence-electron chi connectivity index (χ2n) is 4.87. The Bertz CT molecular complexity index is 412. The molecule has 1 amide bonds. The zero-order valence-corrected chi connectivity index (χ0v) is 12.4. The van der Waals surface area contributed by atoms with Gasteiger partial charge in [0.25, 0.3) is 5.91 Å². The van der Waals surface area contributed by atoms with Gasteiger partial charge in [0.15, 0.2) is 0 Å². The van der Waals surface area contributed by atoms with Crippen LogP contribution in [0.3, 0.4) is 0 Å². The van der Waals surface area contributed by atoms with E-state index < -0.39 is 0 Å². The SMILES string of the molecule is Cc1oc(C)c(C(=O)NCCCC(C)CCl)c1C. The summed E-state index contributed by atoms with van der Waals surface area (Å²) in [6.45, 7) is 8.41. The molecule has 0 aliphatic carbocycles. The number of furan rings is 1. The topological polar surface area (TPSA) is 42.2 Å². The maximum Gasteiger partial charge on any atom is 0.255 e. The minimum absolute atomic E-state index is 0.0413. The fourth-order valence-corrected chi connectivity index (χ4v) is 2.10. The van der Waals surface area contributed by atoms with Gasteiger partial charge in [-0.3, -0.25) is 4.79 Å². The summed E-state index contributed by atoms with van der Waals surface area (Å²) in [4.78, 5) is 12.0. The molecule has 4 heteroatoms. The summed E-state index contributed by atoms with van der Waals surface area (Å²) in [6, 6.07) is 0. The lowest BCUT2D eigenvalue weighted by Gasteiger charge is -2.08. The highest BCUT2D eigenvalue weighted by molar-refractivity contribution is 6.18. The molecule has 1 N–H and O–H groups in total. The first kappa shape index (κ1) is 15.1. The number of halogens is 1. The molecule has 0 aliphatic heterocycles. The van der Waals surface area contributed by atoms with Crippen molar-refractivity contribution < 1.29 is 9.21 Å². The maximum absolute atomic E-state index is 12.0. The van der Waals surface area contributed by atoms with Crippen LogP contribution in [0.25, 0.3) is 0 Å².